The number of nitrogens with zero attached hydrogens (tertiary/aromatic N) is 3. The summed E-state index contributed by atoms with van der Waals surface area (Å²) in [4.78, 5) is 25.9. The number of aromatic nitrogens is 3. The van der Waals surface area contributed by atoms with Gasteiger partial charge in [-0.3, -0.25) is 4.79 Å². The van der Waals surface area contributed by atoms with Gasteiger partial charge in [0.2, 0.25) is 0 Å². The number of hydrogen-bond acceptors (Lipinski definition) is 4. The van der Waals surface area contributed by atoms with Crippen LogP contribution >= 0.6 is 11.6 Å². The molecule has 136 valence electrons. The van der Waals surface area contributed by atoms with Gasteiger partial charge < -0.3 is 9.30 Å². The van der Waals surface area contributed by atoms with Gasteiger partial charge in [-0.2, -0.15) is 9.78 Å². The van der Waals surface area contributed by atoms with Crippen molar-refractivity contribution in [1.82, 2.24) is 14.3 Å². The normalized spacial score (nSPS) is 11.2. The fourth-order valence-electron chi connectivity index (χ4n) is 3.28. The highest BCUT2D eigenvalue weighted by molar-refractivity contribution is 6.31. The Kier molecular flexibility index (Phi) is 4.20. The summed E-state index contributed by atoms with van der Waals surface area (Å²) in [6.45, 7) is 1.94. The lowest BCUT2D eigenvalue weighted by Crippen LogP contribution is -2.26. The van der Waals surface area contributed by atoms with Crippen LogP contribution in [0.1, 0.15) is 17.4 Å². The lowest BCUT2D eigenvalue weighted by molar-refractivity contribution is 0.0520. The molecule has 0 aliphatic carbocycles. The molecular formula is C20H16ClN3O3. The van der Waals surface area contributed by atoms with Crippen LogP contribution in [0, 0.1) is 0 Å². The van der Waals surface area contributed by atoms with E-state index in [2.05, 4.69) is 5.10 Å². The van der Waals surface area contributed by atoms with Gasteiger partial charge >= 0.3 is 5.97 Å². The number of fused-ring (bicyclic) bond motifs is 3. The van der Waals surface area contributed by atoms with E-state index >= 15 is 0 Å². The van der Waals surface area contributed by atoms with Gasteiger partial charge in [0.15, 0.2) is 5.69 Å². The van der Waals surface area contributed by atoms with Crippen LogP contribution in [0.25, 0.3) is 27.5 Å². The summed E-state index contributed by atoms with van der Waals surface area (Å²) >= 11 is 6.13. The van der Waals surface area contributed by atoms with Crippen molar-refractivity contribution in [2.75, 3.05) is 6.61 Å². The number of halogens is 1. The maximum Gasteiger partial charge on any atom is 0.359 e. The quantitative estimate of drug-likeness (QED) is 0.507. The number of rotatable bonds is 3. The molecule has 0 aliphatic rings. The standard InChI is InChI=1S/C20H16ClN3O3/c1-3-27-20(26)17-16-14-10-9-12(21)11-15(14)23(2)18(16)19(25)24(22-17)13-7-5-4-6-8-13/h4-11H,3H2,1-2H3. The van der Waals surface area contributed by atoms with Crippen molar-refractivity contribution < 1.29 is 9.53 Å². The smallest absolute Gasteiger partial charge is 0.359 e. The van der Waals surface area contributed by atoms with Crippen LogP contribution in [0.5, 0.6) is 0 Å². The molecule has 6 nitrogen and oxygen atoms in total. The van der Waals surface area contributed by atoms with Crippen LogP contribution in [0.4, 0.5) is 0 Å². The summed E-state index contributed by atoms with van der Waals surface area (Å²) in [5.74, 6) is -0.574. The highest BCUT2D eigenvalue weighted by atomic mass is 35.5. The van der Waals surface area contributed by atoms with Crippen molar-refractivity contribution >= 4 is 39.4 Å². The molecule has 0 atom stereocenters. The fraction of sp³-hybridized carbons (Fsp3) is 0.150. The molecule has 0 saturated heterocycles. The van der Waals surface area contributed by atoms with E-state index in [0.717, 1.165) is 10.9 Å². The van der Waals surface area contributed by atoms with Crippen LogP contribution in [-0.2, 0) is 11.8 Å². The summed E-state index contributed by atoms with van der Waals surface area (Å²) in [5.41, 5.74) is 1.46. The first kappa shape index (κ1) is 17.3. The molecule has 2 aromatic heterocycles. The van der Waals surface area contributed by atoms with E-state index in [1.807, 2.05) is 6.07 Å². The molecule has 27 heavy (non-hydrogen) atoms. The number of esters is 1. The van der Waals surface area contributed by atoms with Crippen molar-refractivity contribution in [2.24, 2.45) is 7.05 Å². The second-order valence-electron chi connectivity index (χ2n) is 6.07. The Morgan fingerprint density at radius 2 is 1.93 bits per heavy atom. The summed E-state index contributed by atoms with van der Waals surface area (Å²) in [6.07, 6.45) is 0. The Balaban J connectivity index is 2.19. The van der Waals surface area contributed by atoms with Crippen molar-refractivity contribution in [3.05, 3.63) is 69.6 Å². The Hall–Kier alpha value is -3.12. The summed E-state index contributed by atoms with van der Waals surface area (Å²) in [5, 5.41) is 6.10. The third kappa shape index (κ3) is 2.69. The van der Waals surface area contributed by atoms with Crippen LogP contribution in [-0.4, -0.2) is 26.9 Å². The third-order valence-corrected chi connectivity index (χ3v) is 4.70. The molecule has 7 heteroatoms. The Bertz CT molecular complexity index is 1240. The summed E-state index contributed by atoms with van der Waals surface area (Å²) < 4.78 is 8.17. The minimum atomic E-state index is -0.574. The van der Waals surface area contributed by atoms with Gasteiger partial charge in [0.05, 0.1) is 17.8 Å². The number of para-hydroxylation sites is 1. The largest absolute Gasteiger partial charge is 0.461 e. The molecular weight excluding hydrogens is 366 g/mol. The van der Waals surface area contributed by atoms with Crippen LogP contribution in [0.15, 0.2) is 53.3 Å². The molecule has 0 N–H and O–H groups in total. The van der Waals surface area contributed by atoms with E-state index in [9.17, 15) is 9.59 Å². The van der Waals surface area contributed by atoms with Crippen LogP contribution < -0.4 is 5.56 Å². The van der Waals surface area contributed by atoms with Gasteiger partial charge in [0.1, 0.15) is 5.52 Å². The first-order valence-electron chi connectivity index (χ1n) is 8.46. The van der Waals surface area contributed by atoms with Gasteiger partial charge in [-0.25, -0.2) is 4.79 Å². The zero-order chi connectivity index (χ0) is 19.1. The van der Waals surface area contributed by atoms with Crippen molar-refractivity contribution in [3.63, 3.8) is 0 Å². The maximum atomic E-state index is 13.2. The second kappa shape index (κ2) is 6.55. The van der Waals surface area contributed by atoms with E-state index < -0.39 is 5.97 Å². The number of carbonyl (C=O) groups excluding carboxylic acids is 1. The Labute approximate surface area is 159 Å². The Morgan fingerprint density at radius 1 is 1.19 bits per heavy atom. The number of aryl methyl sites for hydroxylation is 1. The van der Waals surface area contributed by atoms with Gasteiger partial charge in [0.25, 0.3) is 5.56 Å². The molecule has 4 aromatic rings. The number of ether oxygens (including phenoxy) is 1. The zero-order valence-electron chi connectivity index (χ0n) is 14.8. The minimum Gasteiger partial charge on any atom is -0.461 e. The van der Waals surface area contributed by atoms with Gasteiger partial charge in [-0.15, -0.1) is 0 Å². The molecule has 4 rings (SSSR count). The molecule has 0 fully saturated rings. The van der Waals surface area contributed by atoms with Gasteiger partial charge in [-0.05, 0) is 31.2 Å². The third-order valence-electron chi connectivity index (χ3n) is 4.46. The van der Waals surface area contributed by atoms with Gasteiger partial charge in [0, 0.05) is 22.8 Å². The summed E-state index contributed by atoms with van der Waals surface area (Å²) in [6, 6.07) is 14.2. The van der Waals surface area contributed by atoms with E-state index in [-0.39, 0.29) is 17.9 Å². The van der Waals surface area contributed by atoms with E-state index in [4.69, 9.17) is 16.3 Å². The van der Waals surface area contributed by atoms with Crippen molar-refractivity contribution in [3.8, 4) is 5.69 Å². The first-order chi connectivity index (χ1) is 13.0. The molecule has 2 heterocycles. The Morgan fingerprint density at radius 3 is 2.63 bits per heavy atom. The molecule has 0 radical (unpaired) electrons. The number of hydrogen-bond donors (Lipinski definition) is 0. The lowest BCUT2D eigenvalue weighted by atomic mass is 10.1. The maximum absolute atomic E-state index is 13.2. The predicted molar refractivity (Wildman–Crippen MR) is 105 cm³/mol. The monoisotopic (exact) mass is 381 g/mol. The van der Waals surface area contributed by atoms with Crippen molar-refractivity contribution in [1.29, 1.82) is 0 Å². The molecule has 0 amide bonds. The fourth-order valence-corrected chi connectivity index (χ4v) is 3.45. The zero-order valence-corrected chi connectivity index (χ0v) is 15.5. The van der Waals surface area contributed by atoms with E-state index in [1.165, 1.54) is 4.68 Å². The molecule has 0 bridgehead atoms. The number of carbonyl (C=O) groups is 1. The van der Waals surface area contributed by atoms with E-state index in [0.29, 0.717) is 21.6 Å². The van der Waals surface area contributed by atoms with Crippen LogP contribution in [0.3, 0.4) is 0 Å². The molecule has 0 aliphatic heterocycles. The topological polar surface area (TPSA) is 66.1 Å². The SMILES string of the molecule is CCOC(=O)c1nn(-c2ccccc2)c(=O)c2c1c1ccc(Cl)cc1n2C. The molecule has 0 spiro atoms. The average Bonchev–Trinajstić information content (AvgIpc) is 2.96. The van der Waals surface area contributed by atoms with Gasteiger partial charge in [-0.1, -0.05) is 35.9 Å². The average molecular weight is 382 g/mol. The van der Waals surface area contributed by atoms with E-state index in [1.54, 1.807) is 61.0 Å². The summed E-state index contributed by atoms with van der Waals surface area (Å²) in [7, 11) is 1.77. The number of benzene rings is 2. The highest BCUT2D eigenvalue weighted by Gasteiger charge is 2.24. The molecule has 2 aromatic carbocycles. The lowest BCUT2D eigenvalue weighted by Gasteiger charge is -2.09. The van der Waals surface area contributed by atoms with Crippen LogP contribution in [0.2, 0.25) is 5.02 Å². The molecule has 0 saturated carbocycles. The van der Waals surface area contributed by atoms with Crippen molar-refractivity contribution in [2.45, 2.75) is 6.92 Å². The second-order valence-corrected chi connectivity index (χ2v) is 6.50. The first-order valence-corrected chi connectivity index (χ1v) is 8.84. The highest BCUT2D eigenvalue weighted by Crippen LogP contribution is 2.30. The molecule has 0 unspecified atom stereocenters. The minimum absolute atomic E-state index is 0.100. The predicted octanol–water partition coefficient (Wildman–Crippen LogP) is 3.71.